The largest absolute Gasteiger partial charge is 0.468 e. The van der Waals surface area contributed by atoms with Crippen molar-refractivity contribution in [2.24, 2.45) is 0 Å². The van der Waals surface area contributed by atoms with Crippen molar-refractivity contribution < 1.29 is 27.8 Å². The molecular weight excluding hydrogens is 375 g/mol. The SMILES string of the molecule is O=C(NCc1ccnc(OCC(F)(F)F)c1)NC1(CO)Cc2ccccc2C1. The van der Waals surface area contributed by atoms with Gasteiger partial charge < -0.3 is 20.5 Å². The lowest BCUT2D eigenvalue weighted by molar-refractivity contribution is -0.154. The molecule has 3 rings (SSSR count). The number of carbonyl (C=O) groups is 1. The van der Waals surface area contributed by atoms with Crippen LogP contribution < -0.4 is 15.4 Å². The molecule has 0 bridgehead atoms. The van der Waals surface area contributed by atoms with Crippen LogP contribution in [0.25, 0.3) is 0 Å². The normalized spacial score (nSPS) is 15.0. The van der Waals surface area contributed by atoms with E-state index in [1.54, 1.807) is 6.07 Å². The fourth-order valence-corrected chi connectivity index (χ4v) is 3.20. The number of aliphatic hydroxyl groups excluding tert-OH is 1. The van der Waals surface area contributed by atoms with Crippen LogP contribution in [-0.4, -0.2) is 41.1 Å². The van der Waals surface area contributed by atoms with Crippen LogP contribution in [0, 0.1) is 0 Å². The fourth-order valence-electron chi connectivity index (χ4n) is 3.20. The molecule has 0 saturated heterocycles. The average molecular weight is 395 g/mol. The molecule has 0 spiro atoms. The first kappa shape index (κ1) is 19.9. The van der Waals surface area contributed by atoms with Gasteiger partial charge in [0.15, 0.2) is 6.61 Å². The van der Waals surface area contributed by atoms with Crippen LogP contribution in [0.15, 0.2) is 42.6 Å². The van der Waals surface area contributed by atoms with E-state index >= 15 is 0 Å². The van der Waals surface area contributed by atoms with Gasteiger partial charge in [0.25, 0.3) is 0 Å². The highest BCUT2D eigenvalue weighted by Gasteiger charge is 2.38. The smallest absolute Gasteiger partial charge is 0.422 e. The number of hydrogen-bond donors (Lipinski definition) is 3. The van der Waals surface area contributed by atoms with Gasteiger partial charge in [-0.25, -0.2) is 9.78 Å². The van der Waals surface area contributed by atoms with Crippen molar-refractivity contribution in [2.45, 2.75) is 31.1 Å². The average Bonchev–Trinajstić information content (AvgIpc) is 3.03. The third kappa shape index (κ3) is 5.13. The van der Waals surface area contributed by atoms with Gasteiger partial charge in [0.1, 0.15) is 0 Å². The summed E-state index contributed by atoms with van der Waals surface area (Å²) in [5, 5.41) is 15.3. The number of fused-ring (bicyclic) bond motifs is 1. The number of nitrogens with zero attached hydrogens (tertiary/aromatic N) is 1. The lowest BCUT2D eigenvalue weighted by Crippen LogP contribution is -2.55. The summed E-state index contributed by atoms with van der Waals surface area (Å²) < 4.78 is 41.3. The van der Waals surface area contributed by atoms with Gasteiger partial charge in [-0.1, -0.05) is 24.3 Å². The second kappa shape index (κ2) is 8.05. The van der Waals surface area contributed by atoms with Gasteiger partial charge >= 0.3 is 12.2 Å². The Morgan fingerprint density at radius 2 is 1.89 bits per heavy atom. The maximum atomic E-state index is 12.3. The molecule has 0 atom stereocenters. The van der Waals surface area contributed by atoms with Crippen LogP contribution in [0.3, 0.4) is 0 Å². The Labute approximate surface area is 159 Å². The summed E-state index contributed by atoms with van der Waals surface area (Å²) in [6.45, 7) is -1.57. The van der Waals surface area contributed by atoms with E-state index < -0.39 is 24.4 Å². The van der Waals surface area contributed by atoms with E-state index in [4.69, 9.17) is 0 Å². The highest BCUT2D eigenvalue weighted by molar-refractivity contribution is 5.75. The summed E-state index contributed by atoms with van der Waals surface area (Å²) >= 11 is 0. The van der Waals surface area contributed by atoms with E-state index in [0.29, 0.717) is 18.4 Å². The van der Waals surface area contributed by atoms with Crippen molar-refractivity contribution in [3.63, 3.8) is 0 Å². The molecule has 1 aliphatic carbocycles. The molecule has 1 aromatic heterocycles. The number of ether oxygens (including phenoxy) is 1. The van der Waals surface area contributed by atoms with Crippen LogP contribution in [0.4, 0.5) is 18.0 Å². The fraction of sp³-hybridized carbons (Fsp3) is 0.368. The van der Waals surface area contributed by atoms with E-state index in [-0.39, 0.29) is 19.0 Å². The van der Waals surface area contributed by atoms with Gasteiger partial charge in [0.05, 0.1) is 12.1 Å². The number of carbonyl (C=O) groups excluding carboxylic acids is 1. The van der Waals surface area contributed by atoms with E-state index in [0.717, 1.165) is 11.1 Å². The zero-order valence-corrected chi connectivity index (χ0v) is 14.9. The zero-order valence-electron chi connectivity index (χ0n) is 14.9. The topological polar surface area (TPSA) is 83.5 Å². The molecule has 1 aromatic carbocycles. The molecule has 0 unspecified atom stereocenters. The van der Waals surface area contributed by atoms with Gasteiger partial charge in [-0.15, -0.1) is 0 Å². The molecule has 2 amide bonds. The van der Waals surface area contributed by atoms with Crippen LogP contribution in [-0.2, 0) is 19.4 Å². The van der Waals surface area contributed by atoms with Gasteiger partial charge in [0.2, 0.25) is 5.88 Å². The Kier molecular flexibility index (Phi) is 5.73. The number of amides is 2. The number of aliphatic hydroxyl groups is 1. The number of alkyl halides is 3. The van der Waals surface area contributed by atoms with Crippen molar-refractivity contribution in [1.29, 1.82) is 0 Å². The number of urea groups is 1. The second-order valence-electron chi connectivity index (χ2n) is 6.77. The number of aromatic nitrogens is 1. The highest BCUT2D eigenvalue weighted by atomic mass is 19.4. The molecule has 0 fully saturated rings. The molecule has 1 heterocycles. The van der Waals surface area contributed by atoms with Crippen LogP contribution >= 0.6 is 0 Å². The summed E-state index contributed by atoms with van der Waals surface area (Å²) in [5.74, 6) is -0.171. The number of halogens is 3. The van der Waals surface area contributed by atoms with Crippen molar-refractivity contribution >= 4 is 6.03 Å². The van der Waals surface area contributed by atoms with Crippen molar-refractivity contribution in [3.8, 4) is 5.88 Å². The Morgan fingerprint density at radius 3 is 2.50 bits per heavy atom. The number of nitrogens with one attached hydrogen (secondary N) is 2. The predicted molar refractivity (Wildman–Crippen MR) is 94.8 cm³/mol. The summed E-state index contributed by atoms with van der Waals surface area (Å²) in [4.78, 5) is 16.0. The number of benzene rings is 1. The molecule has 150 valence electrons. The molecule has 6 nitrogen and oxygen atoms in total. The van der Waals surface area contributed by atoms with Crippen LogP contribution in [0.5, 0.6) is 5.88 Å². The van der Waals surface area contributed by atoms with Crippen LogP contribution in [0.1, 0.15) is 16.7 Å². The maximum Gasteiger partial charge on any atom is 0.422 e. The van der Waals surface area contributed by atoms with Gasteiger partial charge in [-0.2, -0.15) is 13.2 Å². The van der Waals surface area contributed by atoms with E-state index in [1.807, 2.05) is 24.3 Å². The van der Waals surface area contributed by atoms with Gasteiger partial charge in [-0.3, -0.25) is 0 Å². The summed E-state index contributed by atoms with van der Waals surface area (Å²) in [7, 11) is 0. The Balaban J connectivity index is 1.54. The van der Waals surface area contributed by atoms with Gasteiger partial charge in [0, 0.05) is 18.8 Å². The second-order valence-corrected chi connectivity index (χ2v) is 6.77. The highest BCUT2D eigenvalue weighted by Crippen LogP contribution is 2.29. The zero-order chi connectivity index (χ0) is 20.2. The predicted octanol–water partition coefficient (Wildman–Crippen LogP) is 2.35. The molecule has 0 radical (unpaired) electrons. The molecule has 28 heavy (non-hydrogen) atoms. The third-order valence-corrected chi connectivity index (χ3v) is 4.49. The first-order valence-corrected chi connectivity index (χ1v) is 8.67. The lowest BCUT2D eigenvalue weighted by Gasteiger charge is -2.28. The lowest BCUT2D eigenvalue weighted by atomic mass is 9.97. The monoisotopic (exact) mass is 395 g/mol. The van der Waals surface area contributed by atoms with E-state index in [1.165, 1.54) is 12.3 Å². The molecule has 9 heteroatoms. The summed E-state index contributed by atoms with van der Waals surface area (Å²) in [6, 6.07) is 10.2. The van der Waals surface area contributed by atoms with E-state index in [2.05, 4.69) is 20.4 Å². The summed E-state index contributed by atoms with van der Waals surface area (Å²) in [5.41, 5.74) is 1.93. The number of pyridine rings is 1. The third-order valence-electron chi connectivity index (χ3n) is 4.49. The Morgan fingerprint density at radius 1 is 1.21 bits per heavy atom. The minimum atomic E-state index is -4.45. The number of hydrogen-bond acceptors (Lipinski definition) is 4. The minimum absolute atomic E-state index is 0.0746. The van der Waals surface area contributed by atoms with Crippen LogP contribution in [0.2, 0.25) is 0 Å². The first-order chi connectivity index (χ1) is 13.3. The van der Waals surface area contributed by atoms with Crippen molar-refractivity contribution in [2.75, 3.05) is 13.2 Å². The Hall–Kier alpha value is -2.81. The quantitative estimate of drug-likeness (QED) is 0.701. The molecule has 0 aliphatic heterocycles. The molecule has 3 N–H and O–H groups in total. The maximum absolute atomic E-state index is 12.3. The molecule has 1 aliphatic rings. The number of rotatable bonds is 6. The van der Waals surface area contributed by atoms with Crippen molar-refractivity contribution in [3.05, 3.63) is 59.3 Å². The minimum Gasteiger partial charge on any atom is -0.468 e. The van der Waals surface area contributed by atoms with Crippen molar-refractivity contribution in [1.82, 2.24) is 15.6 Å². The molecule has 0 saturated carbocycles. The standard InChI is InChI=1S/C19H20F3N3O3/c20-19(21,22)12-28-16-7-13(5-6-23-16)10-24-17(27)25-18(11-26)8-14-3-1-2-4-15(14)9-18/h1-7,26H,8-12H2,(H2,24,25,27). The first-order valence-electron chi connectivity index (χ1n) is 8.67. The van der Waals surface area contributed by atoms with E-state index in [9.17, 15) is 23.1 Å². The van der Waals surface area contributed by atoms with Gasteiger partial charge in [-0.05, 0) is 35.6 Å². The molecular formula is C19H20F3N3O3. The summed E-state index contributed by atoms with van der Waals surface area (Å²) in [6.07, 6.45) is -2.09. The Bertz CT molecular complexity index is 817. The molecule has 2 aromatic rings.